The van der Waals surface area contributed by atoms with E-state index < -0.39 is 18.0 Å². The summed E-state index contributed by atoms with van der Waals surface area (Å²) in [5, 5.41) is 11.8. The largest absolute Gasteiger partial charge is 0.465 e. The maximum atomic E-state index is 12.9. The predicted octanol–water partition coefficient (Wildman–Crippen LogP) is 2.23. The van der Waals surface area contributed by atoms with Gasteiger partial charge in [0.25, 0.3) is 0 Å². The SMILES string of the molecule is COC(=O)c1ccc2nc(C(F)(F)F)nc(NCCCO)c2c1. The van der Waals surface area contributed by atoms with Crippen LogP contribution in [0.5, 0.6) is 0 Å². The number of esters is 1. The van der Waals surface area contributed by atoms with E-state index in [4.69, 9.17) is 5.11 Å². The number of halogens is 3. The Morgan fingerprint density at radius 1 is 1.35 bits per heavy atom. The third-order valence-electron chi connectivity index (χ3n) is 3.00. The van der Waals surface area contributed by atoms with E-state index in [0.717, 1.165) is 0 Å². The first-order valence-corrected chi connectivity index (χ1v) is 6.69. The summed E-state index contributed by atoms with van der Waals surface area (Å²) >= 11 is 0. The van der Waals surface area contributed by atoms with Crippen molar-refractivity contribution in [3.63, 3.8) is 0 Å². The maximum Gasteiger partial charge on any atom is 0.451 e. The van der Waals surface area contributed by atoms with Crippen molar-refractivity contribution in [2.75, 3.05) is 25.6 Å². The lowest BCUT2D eigenvalue weighted by Crippen LogP contribution is -2.15. The number of hydrogen-bond acceptors (Lipinski definition) is 6. The Morgan fingerprint density at radius 3 is 2.70 bits per heavy atom. The van der Waals surface area contributed by atoms with Crippen LogP contribution < -0.4 is 5.32 Å². The maximum absolute atomic E-state index is 12.9. The number of nitrogens with one attached hydrogen (secondary N) is 1. The van der Waals surface area contributed by atoms with E-state index in [9.17, 15) is 18.0 Å². The minimum absolute atomic E-state index is 0.0477. The first kappa shape index (κ1) is 16.9. The number of nitrogens with zero attached hydrogens (tertiary/aromatic N) is 2. The average Bonchev–Trinajstić information content (AvgIpc) is 2.52. The molecule has 124 valence electrons. The van der Waals surface area contributed by atoms with Crippen LogP contribution in [0.25, 0.3) is 10.9 Å². The van der Waals surface area contributed by atoms with Crippen molar-refractivity contribution < 1.29 is 27.8 Å². The van der Waals surface area contributed by atoms with Crippen molar-refractivity contribution >= 4 is 22.7 Å². The molecule has 0 atom stereocenters. The van der Waals surface area contributed by atoms with Crippen molar-refractivity contribution in [1.29, 1.82) is 0 Å². The van der Waals surface area contributed by atoms with Crippen LogP contribution in [0.15, 0.2) is 18.2 Å². The topological polar surface area (TPSA) is 84.3 Å². The number of hydrogen-bond donors (Lipinski definition) is 2. The van der Waals surface area contributed by atoms with Gasteiger partial charge in [0.15, 0.2) is 0 Å². The Balaban J connectivity index is 2.56. The molecule has 9 heteroatoms. The molecule has 2 N–H and O–H groups in total. The van der Waals surface area contributed by atoms with Gasteiger partial charge in [-0.3, -0.25) is 0 Å². The smallest absolute Gasteiger partial charge is 0.451 e. The fourth-order valence-corrected chi connectivity index (χ4v) is 1.92. The molecule has 0 saturated heterocycles. The number of ether oxygens (including phenoxy) is 1. The highest BCUT2D eigenvalue weighted by Crippen LogP contribution is 2.30. The van der Waals surface area contributed by atoms with Gasteiger partial charge in [-0.05, 0) is 24.6 Å². The number of fused-ring (bicyclic) bond motifs is 1. The lowest BCUT2D eigenvalue weighted by atomic mass is 10.1. The number of benzene rings is 1. The number of alkyl halides is 3. The lowest BCUT2D eigenvalue weighted by Gasteiger charge is -2.12. The summed E-state index contributed by atoms with van der Waals surface area (Å²) in [7, 11) is 1.20. The lowest BCUT2D eigenvalue weighted by molar-refractivity contribution is -0.144. The van der Waals surface area contributed by atoms with Gasteiger partial charge < -0.3 is 15.2 Å². The van der Waals surface area contributed by atoms with Gasteiger partial charge in [-0.25, -0.2) is 14.8 Å². The monoisotopic (exact) mass is 329 g/mol. The van der Waals surface area contributed by atoms with E-state index in [0.29, 0.717) is 6.42 Å². The number of rotatable bonds is 5. The molecule has 2 rings (SSSR count). The van der Waals surface area contributed by atoms with E-state index in [2.05, 4.69) is 20.0 Å². The third-order valence-corrected chi connectivity index (χ3v) is 3.00. The van der Waals surface area contributed by atoms with Crippen LogP contribution in [-0.4, -0.2) is 41.3 Å². The highest BCUT2D eigenvalue weighted by molar-refractivity contribution is 5.97. The number of aliphatic hydroxyl groups is 1. The average molecular weight is 329 g/mol. The standard InChI is InChI=1S/C14H14F3N3O3/c1-23-12(22)8-3-4-10-9(7-8)11(18-5-2-6-21)20-13(19-10)14(15,16)17/h3-4,7,21H,2,5-6H2,1H3,(H,18,19,20). The fourth-order valence-electron chi connectivity index (χ4n) is 1.92. The second-order valence-corrected chi connectivity index (χ2v) is 4.62. The molecule has 0 aliphatic heterocycles. The second kappa shape index (κ2) is 6.78. The highest BCUT2D eigenvalue weighted by Gasteiger charge is 2.35. The van der Waals surface area contributed by atoms with Crippen LogP contribution in [0.3, 0.4) is 0 Å². The van der Waals surface area contributed by atoms with Crippen LogP contribution >= 0.6 is 0 Å². The summed E-state index contributed by atoms with van der Waals surface area (Å²) in [5.41, 5.74) is 0.222. The number of methoxy groups -OCH3 is 1. The number of anilines is 1. The summed E-state index contributed by atoms with van der Waals surface area (Å²) in [4.78, 5) is 18.5. The normalized spacial score (nSPS) is 11.5. The summed E-state index contributed by atoms with van der Waals surface area (Å²) in [6.45, 7) is 0.109. The Hall–Kier alpha value is -2.42. The molecule has 1 aromatic carbocycles. The third kappa shape index (κ3) is 3.86. The molecule has 0 radical (unpaired) electrons. The van der Waals surface area contributed by atoms with E-state index in [1.807, 2.05) is 0 Å². The number of aliphatic hydroxyl groups excluding tert-OH is 1. The Kier molecular flexibility index (Phi) is 4.99. The van der Waals surface area contributed by atoms with Crippen molar-refractivity contribution in [3.05, 3.63) is 29.6 Å². The zero-order chi connectivity index (χ0) is 17.0. The summed E-state index contributed by atoms with van der Waals surface area (Å²) in [6, 6.07) is 4.00. The van der Waals surface area contributed by atoms with Gasteiger partial charge in [-0.15, -0.1) is 0 Å². The molecule has 0 aliphatic rings. The van der Waals surface area contributed by atoms with Gasteiger partial charge in [0.1, 0.15) is 5.82 Å². The molecule has 0 fully saturated rings. The summed E-state index contributed by atoms with van der Waals surface area (Å²) in [5.74, 6) is -1.95. The van der Waals surface area contributed by atoms with Gasteiger partial charge in [-0.2, -0.15) is 13.2 Å². The van der Waals surface area contributed by atoms with Crippen LogP contribution in [0, 0.1) is 0 Å². The van der Waals surface area contributed by atoms with Crippen molar-refractivity contribution in [2.24, 2.45) is 0 Å². The van der Waals surface area contributed by atoms with Crippen LogP contribution in [-0.2, 0) is 10.9 Å². The van der Waals surface area contributed by atoms with Gasteiger partial charge in [0.2, 0.25) is 5.82 Å². The first-order valence-electron chi connectivity index (χ1n) is 6.69. The van der Waals surface area contributed by atoms with E-state index in [1.54, 1.807) is 0 Å². The molecule has 0 unspecified atom stereocenters. The summed E-state index contributed by atoms with van der Waals surface area (Å²) < 4.78 is 43.2. The molecule has 6 nitrogen and oxygen atoms in total. The minimum atomic E-state index is -4.69. The van der Waals surface area contributed by atoms with Crippen LogP contribution in [0.4, 0.5) is 19.0 Å². The zero-order valence-electron chi connectivity index (χ0n) is 12.1. The fraction of sp³-hybridized carbons (Fsp3) is 0.357. The molecule has 1 heterocycles. The van der Waals surface area contributed by atoms with Gasteiger partial charge in [0, 0.05) is 18.5 Å². The zero-order valence-corrected chi connectivity index (χ0v) is 12.1. The van der Waals surface area contributed by atoms with Gasteiger partial charge >= 0.3 is 12.1 Å². The quantitative estimate of drug-likeness (QED) is 0.646. The second-order valence-electron chi connectivity index (χ2n) is 4.62. The molecule has 0 bridgehead atoms. The van der Waals surface area contributed by atoms with Gasteiger partial charge in [-0.1, -0.05) is 0 Å². The number of carbonyl (C=O) groups is 1. The molecular formula is C14H14F3N3O3. The van der Waals surface area contributed by atoms with Crippen LogP contribution in [0.1, 0.15) is 22.6 Å². The molecule has 0 spiro atoms. The molecule has 0 aliphatic carbocycles. The van der Waals surface area contributed by atoms with E-state index in [-0.39, 0.29) is 35.4 Å². The Labute approximate surface area is 129 Å². The first-order chi connectivity index (χ1) is 10.9. The van der Waals surface area contributed by atoms with Gasteiger partial charge in [0.05, 0.1) is 18.2 Å². The molecule has 1 aromatic heterocycles. The van der Waals surface area contributed by atoms with Crippen molar-refractivity contribution in [2.45, 2.75) is 12.6 Å². The predicted molar refractivity (Wildman–Crippen MR) is 76.1 cm³/mol. The molecule has 23 heavy (non-hydrogen) atoms. The van der Waals surface area contributed by atoms with Crippen molar-refractivity contribution in [1.82, 2.24) is 9.97 Å². The summed E-state index contributed by atoms with van der Waals surface area (Å²) in [6.07, 6.45) is -4.36. The molecule has 0 amide bonds. The molecule has 2 aromatic rings. The minimum Gasteiger partial charge on any atom is -0.465 e. The number of aromatic nitrogens is 2. The Morgan fingerprint density at radius 2 is 2.09 bits per heavy atom. The number of carbonyl (C=O) groups excluding carboxylic acids is 1. The van der Waals surface area contributed by atoms with Crippen molar-refractivity contribution in [3.8, 4) is 0 Å². The van der Waals surface area contributed by atoms with E-state index >= 15 is 0 Å². The molecular weight excluding hydrogens is 315 g/mol. The highest BCUT2D eigenvalue weighted by atomic mass is 19.4. The molecule has 0 saturated carbocycles. The van der Waals surface area contributed by atoms with Crippen LogP contribution in [0.2, 0.25) is 0 Å². The van der Waals surface area contributed by atoms with E-state index in [1.165, 1.54) is 25.3 Å². The Bertz CT molecular complexity index is 719.